The summed E-state index contributed by atoms with van der Waals surface area (Å²) in [4.78, 5) is 31.9. The van der Waals surface area contributed by atoms with E-state index in [4.69, 9.17) is 16.3 Å². The average molecular weight is 532 g/mol. The van der Waals surface area contributed by atoms with Crippen molar-refractivity contribution in [2.75, 3.05) is 0 Å². The maximum Gasteiger partial charge on any atom is 0.417 e. The van der Waals surface area contributed by atoms with E-state index in [0.717, 1.165) is 17.7 Å². The lowest BCUT2D eigenvalue weighted by atomic mass is 10.0. The molecule has 4 rings (SSSR count). The molecular weight excluding hydrogens is 507 g/mol. The number of alkyl halides is 3. The van der Waals surface area contributed by atoms with E-state index < -0.39 is 28.9 Å². The summed E-state index contributed by atoms with van der Waals surface area (Å²) >= 11 is 6.00. The lowest BCUT2D eigenvalue weighted by Gasteiger charge is -2.27. The van der Waals surface area contributed by atoms with E-state index in [0.29, 0.717) is 23.2 Å². The second-order valence-corrected chi connectivity index (χ2v) is 9.92. The largest absolute Gasteiger partial charge is 0.462 e. The molecule has 37 heavy (non-hydrogen) atoms. The van der Waals surface area contributed by atoms with Gasteiger partial charge in [-0.15, -0.1) is 0 Å². The van der Waals surface area contributed by atoms with E-state index in [9.17, 15) is 22.8 Å². The Labute approximate surface area is 217 Å². The number of benzene rings is 2. The first kappa shape index (κ1) is 26.5. The van der Waals surface area contributed by atoms with Crippen LogP contribution in [0, 0.1) is 0 Å². The smallest absolute Gasteiger partial charge is 0.417 e. The van der Waals surface area contributed by atoms with Gasteiger partial charge in [0.05, 0.1) is 11.6 Å². The second kappa shape index (κ2) is 9.70. The third kappa shape index (κ3) is 5.72. The highest BCUT2D eigenvalue weighted by Gasteiger charge is 2.63. The Kier molecular flexibility index (Phi) is 6.94. The molecule has 1 saturated heterocycles. The molecule has 2 amide bonds. The SMILES string of the molecule is CC(C)(Oc1ccc(C(F)(F)F)cn1)C(=O)N[C@]1(C)[C@H](Cc2ccc(Cl)cc2)N1C(=O)c1ccccc1. The predicted octanol–water partition coefficient (Wildman–Crippen LogP) is 5.51. The van der Waals surface area contributed by atoms with Crippen molar-refractivity contribution in [2.45, 2.75) is 50.7 Å². The summed E-state index contributed by atoms with van der Waals surface area (Å²) in [6.07, 6.45) is -3.42. The molecule has 0 aliphatic carbocycles. The molecule has 0 radical (unpaired) electrons. The third-order valence-electron chi connectivity index (χ3n) is 6.31. The summed E-state index contributed by atoms with van der Waals surface area (Å²) in [5.74, 6) is -0.935. The van der Waals surface area contributed by atoms with E-state index in [1.54, 1.807) is 54.3 Å². The molecule has 0 saturated carbocycles. The molecule has 194 valence electrons. The molecule has 2 heterocycles. The Hall–Kier alpha value is -3.59. The van der Waals surface area contributed by atoms with Crippen molar-refractivity contribution in [1.82, 2.24) is 15.2 Å². The van der Waals surface area contributed by atoms with Gasteiger partial charge in [0.15, 0.2) is 5.60 Å². The molecule has 1 N–H and O–H groups in total. The topological polar surface area (TPSA) is 71.3 Å². The van der Waals surface area contributed by atoms with Crippen molar-refractivity contribution in [3.63, 3.8) is 0 Å². The van der Waals surface area contributed by atoms with Crippen LogP contribution in [0.4, 0.5) is 13.2 Å². The molecule has 2 atom stereocenters. The quantitative estimate of drug-likeness (QED) is 0.408. The molecule has 3 aromatic rings. The monoisotopic (exact) mass is 531 g/mol. The van der Waals surface area contributed by atoms with Crippen molar-refractivity contribution < 1.29 is 27.5 Å². The molecule has 2 aromatic carbocycles. The van der Waals surface area contributed by atoms with Crippen molar-refractivity contribution in [2.24, 2.45) is 0 Å². The zero-order valence-electron chi connectivity index (χ0n) is 20.3. The molecule has 1 fully saturated rings. The molecule has 0 unspecified atom stereocenters. The molecule has 1 aliphatic rings. The fraction of sp³-hybridized carbons (Fsp3) is 0.296. The molecule has 1 aliphatic heterocycles. The van der Waals surface area contributed by atoms with Gasteiger partial charge >= 0.3 is 6.18 Å². The van der Waals surface area contributed by atoms with Gasteiger partial charge in [-0.25, -0.2) is 4.98 Å². The first-order chi connectivity index (χ1) is 17.3. The van der Waals surface area contributed by atoms with Crippen LogP contribution in [0.15, 0.2) is 72.9 Å². The van der Waals surface area contributed by atoms with Gasteiger partial charge in [-0.1, -0.05) is 41.9 Å². The number of amides is 2. The van der Waals surface area contributed by atoms with E-state index >= 15 is 0 Å². The summed E-state index contributed by atoms with van der Waals surface area (Å²) in [7, 11) is 0. The normalized spacial score (nSPS) is 19.3. The van der Waals surface area contributed by atoms with Gasteiger partial charge in [-0.3, -0.25) is 9.59 Å². The standard InChI is InChI=1S/C27H25ClF3N3O3/c1-25(2,37-22-14-11-19(16-32-22)27(29,30)31)24(36)33-26(3)21(15-17-9-12-20(28)13-10-17)34(26)23(35)18-7-5-4-6-8-18/h4-14,16,21H,15H2,1-3H3,(H,33,36)/t21-,26-,34?/m0/s1. The van der Waals surface area contributed by atoms with Gasteiger partial charge < -0.3 is 15.0 Å². The van der Waals surface area contributed by atoms with Gasteiger partial charge in [-0.05, 0) is 63.1 Å². The maximum absolute atomic E-state index is 13.3. The summed E-state index contributed by atoms with van der Waals surface area (Å²) in [6, 6.07) is 17.5. The summed E-state index contributed by atoms with van der Waals surface area (Å²) in [6.45, 7) is 4.70. The molecule has 10 heteroatoms. The minimum atomic E-state index is -4.53. The van der Waals surface area contributed by atoms with Gasteiger partial charge in [0.1, 0.15) is 5.66 Å². The summed E-state index contributed by atoms with van der Waals surface area (Å²) < 4.78 is 44.1. The number of aromatic nitrogens is 1. The number of hydrogen-bond acceptors (Lipinski definition) is 4. The van der Waals surface area contributed by atoms with Crippen LogP contribution >= 0.6 is 11.6 Å². The molecule has 1 aromatic heterocycles. The minimum absolute atomic E-state index is 0.135. The second-order valence-electron chi connectivity index (χ2n) is 9.48. The minimum Gasteiger partial charge on any atom is -0.462 e. The van der Waals surface area contributed by atoms with E-state index in [2.05, 4.69) is 10.3 Å². The first-order valence-corrected chi connectivity index (χ1v) is 11.9. The number of hydrogen-bond donors (Lipinski definition) is 1. The summed E-state index contributed by atoms with van der Waals surface area (Å²) in [5, 5.41) is 3.50. The van der Waals surface area contributed by atoms with Gasteiger partial charge in [0.2, 0.25) is 5.88 Å². The lowest BCUT2D eigenvalue weighted by Crippen LogP contribution is -2.52. The van der Waals surface area contributed by atoms with Crippen molar-refractivity contribution in [1.29, 1.82) is 0 Å². The zero-order valence-corrected chi connectivity index (χ0v) is 21.1. The van der Waals surface area contributed by atoms with Gasteiger partial charge in [0.25, 0.3) is 11.8 Å². The predicted molar refractivity (Wildman–Crippen MR) is 132 cm³/mol. The number of carbonyl (C=O) groups is 2. The number of nitrogens with one attached hydrogen (secondary N) is 1. The van der Waals surface area contributed by atoms with Gasteiger partial charge in [0, 0.05) is 22.8 Å². The summed E-state index contributed by atoms with van der Waals surface area (Å²) in [5.41, 5.74) is -2.04. The van der Waals surface area contributed by atoms with Crippen molar-refractivity contribution in [3.8, 4) is 5.88 Å². The van der Waals surface area contributed by atoms with Crippen LogP contribution in [0.1, 0.15) is 42.3 Å². The first-order valence-electron chi connectivity index (χ1n) is 11.5. The fourth-order valence-corrected chi connectivity index (χ4v) is 4.23. The Bertz CT molecular complexity index is 1280. The molecule has 0 spiro atoms. The van der Waals surface area contributed by atoms with E-state index in [1.165, 1.54) is 13.8 Å². The highest BCUT2D eigenvalue weighted by molar-refractivity contribution is 6.30. The number of rotatable bonds is 7. The van der Waals surface area contributed by atoms with Gasteiger partial charge in [-0.2, -0.15) is 13.2 Å². The van der Waals surface area contributed by atoms with E-state index in [1.807, 2.05) is 12.1 Å². The highest BCUT2D eigenvalue weighted by Crippen LogP contribution is 2.42. The van der Waals surface area contributed by atoms with Crippen LogP contribution in [0.5, 0.6) is 5.88 Å². The Morgan fingerprint density at radius 3 is 2.27 bits per heavy atom. The number of pyridine rings is 1. The molecular formula is C27H25ClF3N3O3. The maximum atomic E-state index is 13.3. The van der Waals surface area contributed by atoms with Crippen LogP contribution in [0.25, 0.3) is 0 Å². The number of carbonyl (C=O) groups excluding carboxylic acids is 2. The van der Waals surface area contributed by atoms with E-state index in [-0.39, 0.29) is 17.8 Å². The van der Waals surface area contributed by atoms with Crippen LogP contribution in [-0.2, 0) is 17.4 Å². The van der Waals surface area contributed by atoms with Crippen molar-refractivity contribution in [3.05, 3.63) is 94.6 Å². The van der Waals surface area contributed by atoms with Crippen LogP contribution in [0.2, 0.25) is 5.02 Å². The Balaban J connectivity index is 1.53. The molecule has 6 nitrogen and oxygen atoms in total. The van der Waals surface area contributed by atoms with Crippen molar-refractivity contribution >= 4 is 23.4 Å². The fourth-order valence-electron chi connectivity index (χ4n) is 4.10. The average Bonchev–Trinajstić information content (AvgIpc) is 3.41. The van der Waals surface area contributed by atoms with Crippen LogP contribution < -0.4 is 10.1 Å². The lowest BCUT2D eigenvalue weighted by molar-refractivity contribution is -0.138. The van der Waals surface area contributed by atoms with Crippen LogP contribution in [0.3, 0.4) is 0 Å². The zero-order chi connectivity index (χ0) is 27.0. The Morgan fingerprint density at radius 2 is 1.70 bits per heavy atom. The Morgan fingerprint density at radius 1 is 1.05 bits per heavy atom. The number of halogens is 4. The molecule has 0 bridgehead atoms. The third-order valence-corrected chi connectivity index (χ3v) is 6.56. The highest BCUT2D eigenvalue weighted by atomic mass is 35.5. The number of nitrogens with zero attached hydrogens (tertiary/aromatic N) is 2. The van der Waals surface area contributed by atoms with Crippen LogP contribution in [-0.4, -0.2) is 39.0 Å². The number of ether oxygens (including phenoxy) is 1.